The van der Waals surface area contributed by atoms with E-state index >= 15 is 0 Å². The zero-order valence-corrected chi connectivity index (χ0v) is 14.7. The van der Waals surface area contributed by atoms with Gasteiger partial charge in [-0.25, -0.2) is 9.67 Å². The maximum atomic E-state index is 4.73. The van der Waals surface area contributed by atoms with Crippen LogP contribution in [-0.2, 0) is 19.9 Å². The molecule has 7 nitrogen and oxygen atoms in total. The minimum atomic E-state index is 0.305. The standard InChI is InChI=1S/C19H19N7/c1-12-7-8-26(24-12)19-22-17(16-18(23-19)25(2)11-20-16)21-15-9-13-5-3-4-6-14(13)10-15/h3-8,11,15H,9-10H2,1-2H3,(H,21,22,23). The summed E-state index contributed by atoms with van der Waals surface area (Å²) in [4.78, 5) is 13.9. The van der Waals surface area contributed by atoms with Gasteiger partial charge in [0.1, 0.15) is 0 Å². The molecule has 0 unspecified atom stereocenters. The number of benzene rings is 1. The Morgan fingerprint density at radius 3 is 2.54 bits per heavy atom. The minimum Gasteiger partial charge on any atom is -0.365 e. The average molecular weight is 345 g/mol. The van der Waals surface area contributed by atoms with E-state index < -0.39 is 0 Å². The normalized spacial score (nSPS) is 14.1. The molecule has 0 radical (unpaired) electrons. The molecule has 1 aliphatic carbocycles. The molecule has 3 heterocycles. The van der Waals surface area contributed by atoms with Gasteiger partial charge in [-0.05, 0) is 37.0 Å². The third-order valence-electron chi connectivity index (χ3n) is 4.87. The number of nitrogens with one attached hydrogen (secondary N) is 1. The first-order valence-electron chi connectivity index (χ1n) is 8.72. The Hall–Kier alpha value is -3.22. The summed E-state index contributed by atoms with van der Waals surface area (Å²) >= 11 is 0. The SMILES string of the molecule is Cc1ccn(-c2nc(NC3Cc4ccccc4C3)c3ncn(C)c3n2)n1. The van der Waals surface area contributed by atoms with Crippen LogP contribution in [0.25, 0.3) is 17.1 Å². The summed E-state index contributed by atoms with van der Waals surface area (Å²) in [5, 5.41) is 8.03. The van der Waals surface area contributed by atoms with E-state index in [0.717, 1.165) is 35.5 Å². The van der Waals surface area contributed by atoms with Gasteiger partial charge in [0.25, 0.3) is 5.95 Å². The second-order valence-electron chi connectivity index (χ2n) is 6.82. The van der Waals surface area contributed by atoms with Gasteiger partial charge < -0.3 is 9.88 Å². The number of fused-ring (bicyclic) bond motifs is 2. The van der Waals surface area contributed by atoms with Crippen molar-refractivity contribution >= 4 is 17.0 Å². The number of anilines is 1. The fraction of sp³-hybridized carbons (Fsp3) is 0.263. The molecule has 0 amide bonds. The molecule has 1 aromatic carbocycles. The Bertz CT molecular complexity index is 1080. The predicted molar refractivity (Wildman–Crippen MR) is 99.4 cm³/mol. The van der Waals surface area contributed by atoms with Gasteiger partial charge in [-0.1, -0.05) is 24.3 Å². The van der Waals surface area contributed by atoms with E-state index in [4.69, 9.17) is 4.98 Å². The average Bonchev–Trinajstić information content (AvgIpc) is 3.33. The van der Waals surface area contributed by atoms with Crippen LogP contribution >= 0.6 is 0 Å². The summed E-state index contributed by atoms with van der Waals surface area (Å²) < 4.78 is 3.61. The third kappa shape index (κ3) is 2.44. The summed E-state index contributed by atoms with van der Waals surface area (Å²) in [6.45, 7) is 1.95. The van der Waals surface area contributed by atoms with E-state index in [2.05, 4.69) is 44.6 Å². The summed E-state index contributed by atoms with van der Waals surface area (Å²) in [7, 11) is 1.94. The lowest BCUT2D eigenvalue weighted by Crippen LogP contribution is -2.21. The van der Waals surface area contributed by atoms with Crippen molar-refractivity contribution in [3.8, 4) is 5.95 Å². The van der Waals surface area contributed by atoms with Crippen LogP contribution in [-0.4, -0.2) is 35.3 Å². The molecule has 1 N–H and O–H groups in total. The summed E-state index contributed by atoms with van der Waals surface area (Å²) in [6, 6.07) is 10.8. The quantitative estimate of drug-likeness (QED) is 0.617. The first kappa shape index (κ1) is 15.1. The molecule has 130 valence electrons. The first-order valence-corrected chi connectivity index (χ1v) is 8.72. The molecule has 0 saturated heterocycles. The summed E-state index contributed by atoms with van der Waals surface area (Å²) in [5.41, 5.74) is 5.31. The zero-order valence-electron chi connectivity index (χ0n) is 14.7. The van der Waals surface area contributed by atoms with E-state index in [0.29, 0.717) is 12.0 Å². The van der Waals surface area contributed by atoms with E-state index in [1.807, 2.05) is 30.8 Å². The maximum absolute atomic E-state index is 4.73. The lowest BCUT2D eigenvalue weighted by molar-refractivity contribution is 0.759. The molecular weight excluding hydrogens is 326 g/mol. The van der Waals surface area contributed by atoms with E-state index in [1.54, 1.807) is 11.0 Å². The Morgan fingerprint density at radius 2 is 1.85 bits per heavy atom. The van der Waals surface area contributed by atoms with Crippen molar-refractivity contribution in [2.24, 2.45) is 7.05 Å². The third-order valence-corrected chi connectivity index (χ3v) is 4.87. The van der Waals surface area contributed by atoms with Crippen LogP contribution in [0.5, 0.6) is 0 Å². The van der Waals surface area contributed by atoms with Gasteiger partial charge in [-0.15, -0.1) is 0 Å². The van der Waals surface area contributed by atoms with E-state index in [9.17, 15) is 0 Å². The molecule has 0 saturated carbocycles. The highest BCUT2D eigenvalue weighted by Crippen LogP contribution is 2.26. The molecule has 26 heavy (non-hydrogen) atoms. The Morgan fingerprint density at radius 1 is 1.08 bits per heavy atom. The van der Waals surface area contributed by atoms with Gasteiger partial charge >= 0.3 is 0 Å². The number of hydrogen-bond acceptors (Lipinski definition) is 5. The monoisotopic (exact) mass is 345 g/mol. The van der Waals surface area contributed by atoms with Gasteiger partial charge in [-0.2, -0.15) is 15.1 Å². The number of rotatable bonds is 3. The number of aryl methyl sites for hydroxylation is 2. The van der Waals surface area contributed by atoms with Crippen LogP contribution in [0.3, 0.4) is 0 Å². The molecular formula is C19H19N7. The molecule has 5 rings (SSSR count). The molecule has 7 heteroatoms. The van der Waals surface area contributed by atoms with Crippen LogP contribution in [0.4, 0.5) is 5.82 Å². The molecule has 3 aromatic heterocycles. The fourth-order valence-electron chi connectivity index (χ4n) is 3.58. The lowest BCUT2D eigenvalue weighted by Gasteiger charge is -2.14. The number of aromatic nitrogens is 6. The van der Waals surface area contributed by atoms with Crippen LogP contribution in [0.2, 0.25) is 0 Å². The van der Waals surface area contributed by atoms with Crippen LogP contribution < -0.4 is 5.32 Å². The highest BCUT2D eigenvalue weighted by Gasteiger charge is 2.23. The first-order chi connectivity index (χ1) is 12.7. The summed E-state index contributed by atoms with van der Waals surface area (Å²) in [5.74, 6) is 1.31. The van der Waals surface area contributed by atoms with Crippen LogP contribution in [0.1, 0.15) is 16.8 Å². The Balaban J connectivity index is 1.54. The molecule has 4 aromatic rings. The second kappa shape index (κ2) is 5.66. The molecule has 0 bridgehead atoms. The van der Waals surface area contributed by atoms with Crippen molar-refractivity contribution in [1.82, 2.24) is 29.3 Å². The molecule has 0 atom stereocenters. The van der Waals surface area contributed by atoms with Crippen molar-refractivity contribution in [2.45, 2.75) is 25.8 Å². The highest BCUT2D eigenvalue weighted by molar-refractivity contribution is 5.83. The van der Waals surface area contributed by atoms with Crippen molar-refractivity contribution in [2.75, 3.05) is 5.32 Å². The molecule has 0 fully saturated rings. The van der Waals surface area contributed by atoms with Crippen molar-refractivity contribution < 1.29 is 0 Å². The van der Waals surface area contributed by atoms with Gasteiger partial charge in [0.15, 0.2) is 17.0 Å². The lowest BCUT2D eigenvalue weighted by atomic mass is 10.1. The van der Waals surface area contributed by atoms with Gasteiger partial charge in [0.2, 0.25) is 0 Å². The Kier molecular flexibility index (Phi) is 3.28. The highest BCUT2D eigenvalue weighted by atomic mass is 15.4. The van der Waals surface area contributed by atoms with Crippen molar-refractivity contribution in [1.29, 1.82) is 0 Å². The van der Waals surface area contributed by atoms with Crippen LogP contribution in [0.15, 0.2) is 42.9 Å². The molecule has 0 spiro atoms. The molecule has 1 aliphatic rings. The van der Waals surface area contributed by atoms with Crippen molar-refractivity contribution in [3.63, 3.8) is 0 Å². The zero-order chi connectivity index (χ0) is 17.7. The van der Waals surface area contributed by atoms with Gasteiger partial charge in [-0.3, -0.25) is 0 Å². The summed E-state index contributed by atoms with van der Waals surface area (Å²) in [6.07, 6.45) is 5.63. The van der Waals surface area contributed by atoms with Crippen molar-refractivity contribution in [3.05, 3.63) is 59.7 Å². The van der Waals surface area contributed by atoms with Gasteiger partial charge in [0.05, 0.1) is 12.0 Å². The fourth-order valence-corrected chi connectivity index (χ4v) is 3.58. The Labute approximate surface area is 150 Å². The largest absolute Gasteiger partial charge is 0.365 e. The second-order valence-corrected chi connectivity index (χ2v) is 6.82. The predicted octanol–water partition coefficient (Wildman–Crippen LogP) is 2.44. The minimum absolute atomic E-state index is 0.305. The number of imidazole rings is 1. The smallest absolute Gasteiger partial charge is 0.254 e. The number of hydrogen-bond donors (Lipinski definition) is 1. The van der Waals surface area contributed by atoms with E-state index in [1.165, 1.54) is 11.1 Å². The number of nitrogens with zero attached hydrogens (tertiary/aromatic N) is 6. The van der Waals surface area contributed by atoms with E-state index in [-0.39, 0.29) is 0 Å². The van der Waals surface area contributed by atoms with Crippen LogP contribution in [0, 0.1) is 6.92 Å². The van der Waals surface area contributed by atoms with Gasteiger partial charge in [0, 0.05) is 19.3 Å². The topological polar surface area (TPSA) is 73.5 Å². The molecule has 0 aliphatic heterocycles. The maximum Gasteiger partial charge on any atom is 0.254 e.